The molecule has 0 bridgehead atoms. The molecule has 1 atom stereocenters. The molecule has 8 heteroatoms. The van der Waals surface area contributed by atoms with Gasteiger partial charge < -0.3 is 19.7 Å². The van der Waals surface area contributed by atoms with Crippen LogP contribution in [0.5, 0.6) is 0 Å². The van der Waals surface area contributed by atoms with Crippen LogP contribution in [0.3, 0.4) is 0 Å². The van der Waals surface area contributed by atoms with Crippen molar-refractivity contribution in [3.8, 4) is 0 Å². The number of carboxylic acid groups (broad SMARTS) is 1. The normalized spacial score (nSPS) is 12.9. The molecular weight excluding hydrogens is 428 g/mol. The van der Waals surface area contributed by atoms with E-state index in [4.69, 9.17) is 4.74 Å². The molecule has 0 aliphatic carbocycles. The first-order valence-electron chi connectivity index (χ1n) is 12.5. The van der Waals surface area contributed by atoms with Gasteiger partial charge in [0.05, 0.1) is 19.4 Å². The number of carboxylic acids is 1. The summed E-state index contributed by atoms with van der Waals surface area (Å²) in [6, 6.07) is 0. The molecule has 0 fully saturated rings. The van der Waals surface area contributed by atoms with Crippen LogP contribution >= 0.6 is 0 Å². The van der Waals surface area contributed by atoms with E-state index in [0.717, 1.165) is 38.0 Å². The van der Waals surface area contributed by atoms with Gasteiger partial charge in [-0.1, -0.05) is 85.0 Å². The summed E-state index contributed by atoms with van der Waals surface area (Å²) in [5, 5.41) is 19.5. The number of hydrogen-bond donors (Lipinski definition) is 2. The summed E-state index contributed by atoms with van der Waals surface area (Å²) < 4.78 is 9.57. The maximum atomic E-state index is 12.0. The number of carbonyl (C=O) groups excluding carboxylic acids is 3. The molecule has 0 aliphatic rings. The van der Waals surface area contributed by atoms with Crippen LogP contribution in [0.2, 0.25) is 0 Å². The van der Waals surface area contributed by atoms with Crippen molar-refractivity contribution >= 4 is 23.9 Å². The van der Waals surface area contributed by atoms with E-state index in [2.05, 4.69) is 18.6 Å². The summed E-state index contributed by atoms with van der Waals surface area (Å²) in [5.41, 5.74) is -2.67. The number of aliphatic carboxylic acids is 1. The fourth-order valence-corrected chi connectivity index (χ4v) is 3.38. The van der Waals surface area contributed by atoms with Crippen LogP contribution in [0.25, 0.3) is 0 Å². The lowest BCUT2D eigenvalue weighted by Crippen LogP contribution is -2.43. The molecule has 0 aromatic rings. The van der Waals surface area contributed by atoms with Crippen LogP contribution in [0.1, 0.15) is 117 Å². The molecule has 33 heavy (non-hydrogen) atoms. The molecule has 0 aromatic heterocycles. The molecule has 0 spiro atoms. The fraction of sp³-hybridized carbons (Fsp3) is 0.840. The first-order valence-corrected chi connectivity index (χ1v) is 12.5. The highest BCUT2D eigenvalue weighted by Crippen LogP contribution is 2.19. The van der Waals surface area contributed by atoms with Crippen molar-refractivity contribution in [1.29, 1.82) is 0 Å². The minimum absolute atomic E-state index is 0.0330. The Kier molecular flexibility index (Phi) is 17.4. The second-order valence-corrected chi connectivity index (χ2v) is 9.22. The molecule has 2 N–H and O–H groups in total. The summed E-state index contributed by atoms with van der Waals surface area (Å²) in [5.74, 6) is -3.86. The quantitative estimate of drug-likeness (QED) is 0.145. The number of aliphatic hydroxyl groups is 1. The monoisotopic (exact) mass is 472 g/mol. The second kappa shape index (κ2) is 18.5. The van der Waals surface area contributed by atoms with Gasteiger partial charge in [0, 0.05) is 6.42 Å². The lowest BCUT2D eigenvalue weighted by Gasteiger charge is -2.21. The standard InChI is InChI=1S/C25H44O8/c1-4-5-12-16-21(26)33-23(28)19-25(31,24(29)30)18-22(27)32-17-14-11-9-7-6-8-10-13-15-20(2)3/h20,31H,4-19H2,1-3H3,(H,29,30). The van der Waals surface area contributed by atoms with Gasteiger partial charge >= 0.3 is 23.9 Å². The highest BCUT2D eigenvalue weighted by atomic mass is 16.6. The van der Waals surface area contributed by atoms with Gasteiger partial charge in [0.25, 0.3) is 0 Å². The zero-order valence-electron chi connectivity index (χ0n) is 20.7. The van der Waals surface area contributed by atoms with E-state index in [1.54, 1.807) is 0 Å². The van der Waals surface area contributed by atoms with Gasteiger partial charge in [-0.15, -0.1) is 0 Å². The average molecular weight is 473 g/mol. The molecule has 0 aromatic carbocycles. The first-order chi connectivity index (χ1) is 15.6. The molecule has 8 nitrogen and oxygen atoms in total. The summed E-state index contributed by atoms with van der Waals surface area (Å²) in [4.78, 5) is 46.8. The first kappa shape index (κ1) is 31.0. The zero-order valence-corrected chi connectivity index (χ0v) is 20.7. The predicted molar refractivity (Wildman–Crippen MR) is 124 cm³/mol. The molecule has 0 radical (unpaired) electrons. The van der Waals surface area contributed by atoms with Crippen molar-refractivity contribution in [1.82, 2.24) is 0 Å². The van der Waals surface area contributed by atoms with E-state index in [-0.39, 0.29) is 13.0 Å². The summed E-state index contributed by atoms with van der Waals surface area (Å²) in [6.45, 7) is 6.56. The largest absolute Gasteiger partial charge is 0.479 e. The Hall–Kier alpha value is -1.96. The molecule has 0 amide bonds. The van der Waals surface area contributed by atoms with Crippen LogP contribution < -0.4 is 0 Å². The highest BCUT2D eigenvalue weighted by Gasteiger charge is 2.42. The number of esters is 3. The SMILES string of the molecule is CCCCCC(=O)OC(=O)CC(O)(CC(=O)OCCCCCCCCCCC(C)C)C(=O)O. The van der Waals surface area contributed by atoms with Crippen molar-refractivity contribution in [3.05, 3.63) is 0 Å². The van der Waals surface area contributed by atoms with Crippen molar-refractivity contribution in [3.63, 3.8) is 0 Å². The Balaban J connectivity index is 4.08. The predicted octanol–water partition coefficient (Wildman–Crippen LogP) is 4.94. The maximum Gasteiger partial charge on any atom is 0.336 e. The van der Waals surface area contributed by atoms with Gasteiger partial charge in [-0.3, -0.25) is 14.4 Å². The Morgan fingerprint density at radius 1 is 0.758 bits per heavy atom. The third-order valence-corrected chi connectivity index (χ3v) is 5.42. The van der Waals surface area contributed by atoms with Crippen LogP contribution in [0.4, 0.5) is 0 Å². The Morgan fingerprint density at radius 3 is 1.85 bits per heavy atom. The number of carbonyl (C=O) groups is 4. The van der Waals surface area contributed by atoms with Gasteiger partial charge in [-0.05, 0) is 18.8 Å². The lowest BCUT2D eigenvalue weighted by molar-refractivity contribution is -0.175. The molecule has 1 unspecified atom stereocenters. The van der Waals surface area contributed by atoms with Crippen LogP contribution in [0.15, 0.2) is 0 Å². The Labute approximate surface area is 198 Å². The van der Waals surface area contributed by atoms with Crippen LogP contribution in [-0.4, -0.2) is 46.3 Å². The zero-order chi connectivity index (χ0) is 25.1. The van der Waals surface area contributed by atoms with Crippen LogP contribution in [0, 0.1) is 5.92 Å². The van der Waals surface area contributed by atoms with E-state index < -0.39 is 42.3 Å². The number of hydrogen-bond acceptors (Lipinski definition) is 7. The van der Waals surface area contributed by atoms with Gasteiger partial charge in [-0.25, -0.2) is 4.79 Å². The average Bonchev–Trinajstić information content (AvgIpc) is 2.71. The van der Waals surface area contributed by atoms with E-state index in [0.29, 0.717) is 12.8 Å². The van der Waals surface area contributed by atoms with Crippen molar-refractivity contribution in [2.75, 3.05) is 6.61 Å². The smallest absolute Gasteiger partial charge is 0.336 e. The number of unbranched alkanes of at least 4 members (excludes halogenated alkanes) is 9. The number of ether oxygens (including phenoxy) is 2. The highest BCUT2D eigenvalue weighted by molar-refractivity contribution is 5.92. The van der Waals surface area contributed by atoms with Crippen molar-refractivity contribution in [2.24, 2.45) is 5.92 Å². The van der Waals surface area contributed by atoms with Gasteiger partial charge in [-0.2, -0.15) is 0 Å². The topological polar surface area (TPSA) is 127 Å². The lowest BCUT2D eigenvalue weighted by atomic mass is 9.96. The van der Waals surface area contributed by atoms with E-state index in [1.165, 1.54) is 32.1 Å². The summed E-state index contributed by atoms with van der Waals surface area (Å²) in [6.07, 6.45) is 10.4. The molecule has 0 saturated heterocycles. The molecular formula is C25H44O8. The van der Waals surface area contributed by atoms with Gasteiger partial charge in [0.2, 0.25) is 0 Å². The van der Waals surface area contributed by atoms with Crippen molar-refractivity contribution < 1.29 is 38.9 Å². The van der Waals surface area contributed by atoms with E-state index in [1.807, 2.05) is 6.92 Å². The molecule has 0 saturated carbocycles. The molecule has 0 rings (SSSR count). The molecule has 192 valence electrons. The van der Waals surface area contributed by atoms with Crippen LogP contribution in [-0.2, 0) is 28.7 Å². The third-order valence-electron chi connectivity index (χ3n) is 5.42. The fourth-order valence-electron chi connectivity index (χ4n) is 3.38. The molecule has 0 heterocycles. The maximum absolute atomic E-state index is 12.0. The van der Waals surface area contributed by atoms with Gasteiger partial charge in [0.1, 0.15) is 0 Å². The van der Waals surface area contributed by atoms with Crippen molar-refractivity contribution in [2.45, 2.75) is 123 Å². The minimum Gasteiger partial charge on any atom is -0.479 e. The Bertz CT molecular complexity index is 587. The summed E-state index contributed by atoms with van der Waals surface area (Å²) >= 11 is 0. The van der Waals surface area contributed by atoms with E-state index in [9.17, 15) is 29.4 Å². The third kappa shape index (κ3) is 17.2. The summed E-state index contributed by atoms with van der Waals surface area (Å²) in [7, 11) is 0. The molecule has 0 aliphatic heterocycles. The minimum atomic E-state index is -2.67. The van der Waals surface area contributed by atoms with Gasteiger partial charge in [0.15, 0.2) is 5.60 Å². The second-order valence-electron chi connectivity index (χ2n) is 9.22. The van der Waals surface area contributed by atoms with E-state index >= 15 is 0 Å². The Morgan fingerprint density at radius 2 is 1.30 bits per heavy atom. The number of rotatable bonds is 20.